The summed E-state index contributed by atoms with van der Waals surface area (Å²) in [5.74, 6) is 0.764. The van der Waals surface area contributed by atoms with Crippen molar-refractivity contribution in [3.05, 3.63) is 24.3 Å². The standard InChI is InChI=1S/C25H42N2O3/c1-5-7-9-17-25(4,30-6-2)24(28)26-22-13-15-23(16-14-22)29-20-11-19-27-18-10-8-12-21(27)3/h13-16,21H,5-12,17-20H2,1-4H3,(H,26,28)/t21-,25+/m0/s1. The average Bonchev–Trinajstić information content (AvgIpc) is 2.74. The smallest absolute Gasteiger partial charge is 0.256 e. The van der Waals surface area contributed by atoms with Crippen LogP contribution in [-0.4, -0.2) is 48.8 Å². The third-order valence-corrected chi connectivity index (χ3v) is 6.11. The van der Waals surface area contributed by atoms with Crippen LogP contribution in [0.4, 0.5) is 5.69 Å². The maximum Gasteiger partial charge on any atom is 0.256 e. The number of ether oxygens (including phenoxy) is 2. The van der Waals surface area contributed by atoms with Crippen LogP contribution in [0.5, 0.6) is 5.75 Å². The van der Waals surface area contributed by atoms with E-state index in [9.17, 15) is 4.79 Å². The number of hydrogen-bond acceptors (Lipinski definition) is 4. The van der Waals surface area contributed by atoms with E-state index in [1.165, 1.54) is 25.8 Å². The monoisotopic (exact) mass is 418 g/mol. The van der Waals surface area contributed by atoms with Crippen LogP contribution in [0.3, 0.4) is 0 Å². The Balaban J connectivity index is 1.77. The SMILES string of the molecule is CCCCC[C@@](C)(OCC)C(=O)Nc1ccc(OCCCN2CCCC[C@@H]2C)cc1. The predicted octanol–water partition coefficient (Wildman–Crippen LogP) is 5.64. The van der Waals surface area contributed by atoms with Crippen molar-refractivity contribution < 1.29 is 14.3 Å². The van der Waals surface area contributed by atoms with Gasteiger partial charge >= 0.3 is 0 Å². The number of nitrogens with zero attached hydrogens (tertiary/aromatic N) is 1. The Bertz CT molecular complexity index is 619. The van der Waals surface area contributed by atoms with Gasteiger partial charge in [-0.15, -0.1) is 0 Å². The van der Waals surface area contributed by atoms with Crippen LogP contribution in [0.15, 0.2) is 24.3 Å². The molecule has 0 spiro atoms. The first kappa shape index (κ1) is 24.7. The minimum Gasteiger partial charge on any atom is -0.494 e. The lowest BCUT2D eigenvalue weighted by atomic mass is 9.96. The summed E-state index contributed by atoms with van der Waals surface area (Å²) in [5.41, 5.74) is -0.0130. The maximum atomic E-state index is 12.8. The summed E-state index contributed by atoms with van der Waals surface area (Å²) in [4.78, 5) is 15.4. The number of piperidine rings is 1. The van der Waals surface area contributed by atoms with Gasteiger partial charge in [0.25, 0.3) is 5.91 Å². The highest BCUT2D eigenvalue weighted by Gasteiger charge is 2.33. The van der Waals surface area contributed by atoms with Crippen molar-refractivity contribution >= 4 is 11.6 Å². The predicted molar refractivity (Wildman–Crippen MR) is 124 cm³/mol. The fourth-order valence-corrected chi connectivity index (χ4v) is 4.13. The second-order valence-electron chi connectivity index (χ2n) is 8.68. The lowest BCUT2D eigenvalue weighted by Gasteiger charge is -2.33. The number of amides is 1. The van der Waals surface area contributed by atoms with Gasteiger partial charge in [0.05, 0.1) is 6.61 Å². The van der Waals surface area contributed by atoms with Crippen molar-refractivity contribution in [2.24, 2.45) is 0 Å². The number of nitrogens with one attached hydrogen (secondary N) is 1. The van der Waals surface area contributed by atoms with Crippen molar-refractivity contribution in [2.75, 3.05) is 31.6 Å². The first-order valence-corrected chi connectivity index (χ1v) is 11.9. The van der Waals surface area contributed by atoms with E-state index in [0.717, 1.165) is 56.7 Å². The quantitative estimate of drug-likeness (QED) is 0.421. The number of carbonyl (C=O) groups excluding carboxylic acids is 1. The van der Waals surface area contributed by atoms with Gasteiger partial charge < -0.3 is 19.7 Å². The van der Waals surface area contributed by atoms with Gasteiger partial charge in [0.2, 0.25) is 0 Å². The number of unbranched alkanes of at least 4 members (excludes halogenated alkanes) is 2. The molecule has 1 heterocycles. The molecule has 1 N–H and O–H groups in total. The zero-order valence-electron chi connectivity index (χ0n) is 19.5. The van der Waals surface area contributed by atoms with Gasteiger partial charge in [0, 0.05) is 24.9 Å². The normalized spacial score (nSPS) is 19.3. The van der Waals surface area contributed by atoms with Crippen LogP contribution in [0.25, 0.3) is 0 Å². The van der Waals surface area contributed by atoms with Gasteiger partial charge in [-0.1, -0.05) is 32.6 Å². The van der Waals surface area contributed by atoms with E-state index >= 15 is 0 Å². The minimum atomic E-state index is -0.787. The topological polar surface area (TPSA) is 50.8 Å². The van der Waals surface area contributed by atoms with E-state index in [-0.39, 0.29) is 5.91 Å². The second-order valence-corrected chi connectivity index (χ2v) is 8.68. The molecule has 30 heavy (non-hydrogen) atoms. The van der Waals surface area contributed by atoms with Crippen molar-refractivity contribution in [2.45, 2.75) is 90.7 Å². The summed E-state index contributed by atoms with van der Waals surface area (Å²) in [7, 11) is 0. The lowest BCUT2D eigenvalue weighted by molar-refractivity contribution is -0.139. The van der Waals surface area contributed by atoms with E-state index in [1.807, 2.05) is 38.1 Å². The Morgan fingerprint density at radius 1 is 1.17 bits per heavy atom. The number of benzene rings is 1. The van der Waals surface area contributed by atoms with Gasteiger partial charge in [-0.05, 0) is 77.3 Å². The van der Waals surface area contributed by atoms with Gasteiger partial charge in [-0.2, -0.15) is 0 Å². The van der Waals surface area contributed by atoms with E-state index in [4.69, 9.17) is 9.47 Å². The highest BCUT2D eigenvalue weighted by molar-refractivity contribution is 5.97. The van der Waals surface area contributed by atoms with Gasteiger partial charge in [-0.3, -0.25) is 4.79 Å². The van der Waals surface area contributed by atoms with Gasteiger partial charge in [0.15, 0.2) is 0 Å². The summed E-state index contributed by atoms with van der Waals surface area (Å²) in [6.45, 7) is 11.9. The fourth-order valence-electron chi connectivity index (χ4n) is 4.13. The summed E-state index contributed by atoms with van der Waals surface area (Å²) in [5, 5.41) is 3.01. The number of anilines is 1. The molecule has 0 bridgehead atoms. The molecular formula is C25H42N2O3. The van der Waals surface area contributed by atoms with Crippen molar-refractivity contribution in [3.63, 3.8) is 0 Å². The molecule has 0 saturated carbocycles. The molecule has 0 radical (unpaired) electrons. The fraction of sp³-hybridized carbons (Fsp3) is 0.720. The summed E-state index contributed by atoms with van der Waals surface area (Å²) in [6.07, 6.45) is 8.99. The molecule has 0 aromatic heterocycles. The Morgan fingerprint density at radius 2 is 1.93 bits per heavy atom. The van der Waals surface area contributed by atoms with Crippen LogP contribution in [-0.2, 0) is 9.53 Å². The van der Waals surface area contributed by atoms with Crippen molar-refractivity contribution in [1.82, 2.24) is 4.90 Å². The van der Waals surface area contributed by atoms with Crippen molar-refractivity contribution in [1.29, 1.82) is 0 Å². The Labute approximate surface area is 183 Å². The molecule has 1 amide bonds. The molecule has 0 aliphatic carbocycles. The van der Waals surface area contributed by atoms with E-state index in [0.29, 0.717) is 12.6 Å². The molecule has 1 aliphatic rings. The zero-order valence-corrected chi connectivity index (χ0v) is 19.5. The Kier molecular flexibility index (Phi) is 10.7. The molecule has 2 atom stereocenters. The van der Waals surface area contributed by atoms with E-state index < -0.39 is 5.60 Å². The molecule has 1 aliphatic heterocycles. The maximum absolute atomic E-state index is 12.8. The Hall–Kier alpha value is -1.59. The van der Waals surface area contributed by atoms with E-state index in [1.54, 1.807) is 0 Å². The molecule has 170 valence electrons. The molecule has 1 aromatic carbocycles. The molecule has 0 unspecified atom stereocenters. The summed E-state index contributed by atoms with van der Waals surface area (Å²) in [6, 6.07) is 8.35. The largest absolute Gasteiger partial charge is 0.494 e. The zero-order chi connectivity index (χ0) is 21.8. The summed E-state index contributed by atoms with van der Waals surface area (Å²) < 4.78 is 11.7. The van der Waals surface area contributed by atoms with Gasteiger partial charge in [0.1, 0.15) is 11.4 Å². The summed E-state index contributed by atoms with van der Waals surface area (Å²) >= 11 is 0. The molecule has 1 aromatic rings. The number of rotatable bonds is 13. The minimum absolute atomic E-state index is 0.0789. The highest BCUT2D eigenvalue weighted by Crippen LogP contribution is 2.23. The third kappa shape index (κ3) is 7.92. The van der Waals surface area contributed by atoms with Gasteiger partial charge in [-0.25, -0.2) is 0 Å². The molecular weight excluding hydrogens is 376 g/mol. The lowest BCUT2D eigenvalue weighted by Crippen LogP contribution is -2.42. The molecule has 5 heteroatoms. The average molecular weight is 419 g/mol. The number of likely N-dealkylation sites (tertiary alicyclic amines) is 1. The van der Waals surface area contributed by atoms with Crippen molar-refractivity contribution in [3.8, 4) is 5.75 Å². The van der Waals surface area contributed by atoms with Crippen LogP contribution >= 0.6 is 0 Å². The molecule has 2 rings (SSSR count). The molecule has 5 nitrogen and oxygen atoms in total. The van der Waals surface area contributed by atoms with Crippen LogP contribution in [0.1, 0.15) is 79.1 Å². The van der Waals surface area contributed by atoms with Crippen LogP contribution in [0, 0.1) is 0 Å². The second kappa shape index (κ2) is 13.0. The highest BCUT2D eigenvalue weighted by atomic mass is 16.5. The Morgan fingerprint density at radius 3 is 2.60 bits per heavy atom. The molecule has 1 saturated heterocycles. The third-order valence-electron chi connectivity index (χ3n) is 6.11. The van der Waals surface area contributed by atoms with E-state index in [2.05, 4.69) is 24.1 Å². The molecule has 1 fully saturated rings. The number of carbonyl (C=O) groups is 1. The van der Waals surface area contributed by atoms with Crippen LogP contribution in [0.2, 0.25) is 0 Å². The first-order valence-electron chi connectivity index (χ1n) is 11.9. The first-order chi connectivity index (χ1) is 14.5. The van der Waals surface area contributed by atoms with Crippen LogP contribution < -0.4 is 10.1 Å². The number of hydrogen-bond donors (Lipinski definition) is 1.